The number of methoxy groups -OCH3 is 1. The molecule has 4 rings (SSSR count). The van der Waals surface area contributed by atoms with Gasteiger partial charge in [-0.25, -0.2) is 9.29 Å². The highest BCUT2D eigenvalue weighted by Gasteiger charge is 2.46. The Morgan fingerprint density at radius 3 is 2.19 bits per heavy atom. The molecule has 168 valence electrons. The van der Waals surface area contributed by atoms with Gasteiger partial charge in [-0.1, -0.05) is 25.7 Å². The second-order valence-electron chi connectivity index (χ2n) is 8.35. The van der Waals surface area contributed by atoms with E-state index in [1.54, 1.807) is 36.3 Å². The maximum Gasteiger partial charge on any atom is 0.257 e. The molecule has 2 aliphatic rings. The third-order valence-corrected chi connectivity index (χ3v) is 6.33. The predicted octanol–water partition coefficient (Wildman–Crippen LogP) is 4.33. The summed E-state index contributed by atoms with van der Waals surface area (Å²) in [5, 5.41) is 0. The van der Waals surface area contributed by atoms with Crippen molar-refractivity contribution in [2.45, 2.75) is 57.0 Å². The van der Waals surface area contributed by atoms with Crippen LogP contribution in [-0.2, 0) is 9.59 Å². The lowest BCUT2D eigenvalue weighted by atomic mass is 10.0. The van der Waals surface area contributed by atoms with E-state index in [1.807, 2.05) is 0 Å². The molecule has 7 heteroatoms. The van der Waals surface area contributed by atoms with Crippen molar-refractivity contribution in [1.82, 2.24) is 4.90 Å². The van der Waals surface area contributed by atoms with E-state index in [2.05, 4.69) is 0 Å². The normalized spacial score (nSPS) is 19.7. The summed E-state index contributed by atoms with van der Waals surface area (Å²) in [6.45, 7) is 0. The maximum atomic E-state index is 13.6. The molecule has 0 radical (unpaired) electrons. The Labute approximate surface area is 187 Å². The lowest BCUT2D eigenvalue weighted by molar-refractivity contribution is -0.123. The molecule has 32 heavy (non-hydrogen) atoms. The molecule has 2 aromatic rings. The fourth-order valence-electron chi connectivity index (χ4n) is 4.68. The second-order valence-corrected chi connectivity index (χ2v) is 8.35. The summed E-state index contributed by atoms with van der Waals surface area (Å²) in [6.07, 6.45) is 5.68. The first-order valence-corrected chi connectivity index (χ1v) is 11.1. The van der Waals surface area contributed by atoms with E-state index in [-0.39, 0.29) is 24.3 Å². The predicted molar refractivity (Wildman–Crippen MR) is 118 cm³/mol. The number of ether oxygens (including phenoxy) is 1. The molecule has 1 atom stereocenters. The van der Waals surface area contributed by atoms with Crippen molar-refractivity contribution in [3.63, 3.8) is 0 Å². The summed E-state index contributed by atoms with van der Waals surface area (Å²) in [5.74, 6) is -0.886. The second kappa shape index (κ2) is 9.51. The minimum atomic E-state index is -0.870. The minimum absolute atomic E-state index is 0.0748. The number of rotatable bonds is 5. The molecule has 0 N–H and O–H groups in total. The van der Waals surface area contributed by atoms with Crippen molar-refractivity contribution in [3.8, 4) is 5.75 Å². The molecule has 1 saturated heterocycles. The average Bonchev–Trinajstić information content (AvgIpc) is 2.97. The summed E-state index contributed by atoms with van der Waals surface area (Å²) in [4.78, 5) is 42.6. The lowest BCUT2D eigenvalue weighted by Crippen LogP contribution is -2.50. The molecule has 0 bridgehead atoms. The van der Waals surface area contributed by atoms with Gasteiger partial charge < -0.3 is 9.64 Å². The van der Waals surface area contributed by atoms with Crippen molar-refractivity contribution in [1.29, 1.82) is 0 Å². The Kier molecular flexibility index (Phi) is 6.53. The number of nitrogens with zero attached hydrogens (tertiary/aromatic N) is 2. The van der Waals surface area contributed by atoms with Gasteiger partial charge in [-0.15, -0.1) is 0 Å². The molecule has 1 aliphatic heterocycles. The standard InChI is InChI=1S/C25H27FN2O4/c1-32-21-14-8-17(9-15-21)24(30)27(19-6-4-2-3-5-7-19)22-16-23(29)28(25(22)31)20-12-10-18(26)11-13-20/h8-15,19,22H,2-7,16H2,1H3. The molecule has 1 heterocycles. The maximum absolute atomic E-state index is 13.6. The van der Waals surface area contributed by atoms with Crippen molar-refractivity contribution in [2.75, 3.05) is 12.0 Å². The van der Waals surface area contributed by atoms with E-state index < -0.39 is 17.8 Å². The number of carbonyl (C=O) groups is 3. The zero-order valence-electron chi connectivity index (χ0n) is 18.1. The fraction of sp³-hybridized carbons (Fsp3) is 0.400. The molecule has 0 spiro atoms. The first kappa shape index (κ1) is 22.0. The van der Waals surface area contributed by atoms with E-state index in [0.717, 1.165) is 43.4 Å². The highest BCUT2D eigenvalue weighted by Crippen LogP contribution is 2.32. The molecule has 1 saturated carbocycles. The van der Waals surface area contributed by atoms with Crippen LogP contribution in [0.25, 0.3) is 0 Å². The fourth-order valence-corrected chi connectivity index (χ4v) is 4.68. The smallest absolute Gasteiger partial charge is 0.257 e. The first-order chi connectivity index (χ1) is 15.5. The summed E-state index contributed by atoms with van der Waals surface area (Å²) in [5.41, 5.74) is 0.775. The van der Waals surface area contributed by atoms with Crippen molar-refractivity contribution < 1.29 is 23.5 Å². The quantitative estimate of drug-likeness (QED) is 0.515. The van der Waals surface area contributed by atoms with Gasteiger partial charge in [0.05, 0.1) is 19.2 Å². The van der Waals surface area contributed by atoms with Gasteiger partial charge in [0.1, 0.15) is 17.6 Å². The first-order valence-electron chi connectivity index (χ1n) is 11.1. The minimum Gasteiger partial charge on any atom is -0.497 e. The summed E-state index contributed by atoms with van der Waals surface area (Å²) < 4.78 is 18.5. The average molecular weight is 438 g/mol. The van der Waals surface area contributed by atoms with Gasteiger partial charge in [0.2, 0.25) is 5.91 Å². The molecular weight excluding hydrogens is 411 g/mol. The topological polar surface area (TPSA) is 66.9 Å². The van der Waals surface area contributed by atoms with Crippen LogP contribution in [0.15, 0.2) is 48.5 Å². The van der Waals surface area contributed by atoms with Crippen LogP contribution in [-0.4, -0.2) is 41.8 Å². The molecular formula is C25H27FN2O4. The molecule has 6 nitrogen and oxygen atoms in total. The number of halogens is 1. The number of benzene rings is 2. The largest absolute Gasteiger partial charge is 0.497 e. The van der Waals surface area contributed by atoms with E-state index in [4.69, 9.17) is 4.74 Å². The third-order valence-electron chi connectivity index (χ3n) is 6.33. The molecule has 3 amide bonds. The zero-order chi connectivity index (χ0) is 22.7. The Morgan fingerprint density at radius 2 is 1.59 bits per heavy atom. The monoisotopic (exact) mass is 438 g/mol. The van der Waals surface area contributed by atoms with Gasteiger partial charge in [-0.3, -0.25) is 14.4 Å². The number of hydrogen-bond acceptors (Lipinski definition) is 4. The van der Waals surface area contributed by atoms with Crippen LogP contribution >= 0.6 is 0 Å². The van der Waals surface area contributed by atoms with Crippen LogP contribution in [0.5, 0.6) is 5.75 Å². The van der Waals surface area contributed by atoms with E-state index in [9.17, 15) is 18.8 Å². The van der Waals surface area contributed by atoms with E-state index >= 15 is 0 Å². The Bertz CT molecular complexity index is 982. The Balaban J connectivity index is 1.67. The van der Waals surface area contributed by atoms with Gasteiger partial charge in [0.25, 0.3) is 11.8 Å². The molecule has 0 aromatic heterocycles. The lowest BCUT2D eigenvalue weighted by Gasteiger charge is -2.35. The van der Waals surface area contributed by atoms with Crippen molar-refractivity contribution >= 4 is 23.4 Å². The number of imide groups is 1. The van der Waals surface area contributed by atoms with Crippen molar-refractivity contribution in [2.24, 2.45) is 0 Å². The summed E-state index contributed by atoms with van der Waals surface area (Å²) in [7, 11) is 1.56. The highest BCUT2D eigenvalue weighted by atomic mass is 19.1. The highest BCUT2D eigenvalue weighted by molar-refractivity contribution is 6.23. The number of carbonyl (C=O) groups excluding carboxylic acids is 3. The van der Waals surface area contributed by atoms with Gasteiger partial charge in [-0.05, 0) is 61.4 Å². The number of hydrogen-bond donors (Lipinski definition) is 0. The van der Waals surface area contributed by atoms with E-state index in [1.165, 1.54) is 24.3 Å². The molecule has 2 aromatic carbocycles. The molecule has 1 aliphatic carbocycles. The third kappa shape index (κ3) is 4.38. The Morgan fingerprint density at radius 1 is 0.969 bits per heavy atom. The van der Waals surface area contributed by atoms with Crippen LogP contribution in [0, 0.1) is 5.82 Å². The van der Waals surface area contributed by atoms with Crippen LogP contribution in [0.2, 0.25) is 0 Å². The SMILES string of the molecule is COc1ccc(C(=O)N(C2CCCCCC2)C2CC(=O)N(c3ccc(F)cc3)C2=O)cc1. The summed E-state index contributed by atoms with van der Waals surface area (Å²) >= 11 is 0. The van der Waals surface area contributed by atoms with E-state index in [0.29, 0.717) is 17.0 Å². The van der Waals surface area contributed by atoms with Gasteiger partial charge in [-0.2, -0.15) is 0 Å². The van der Waals surface area contributed by atoms with Gasteiger partial charge in [0, 0.05) is 11.6 Å². The molecule has 1 unspecified atom stereocenters. The van der Waals surface area contributed by atoms with Crippen molar-refractivity contribution in [3.05, 3.63) is 59.9 Å². The molecule has 2 fully saturated rings. The van der Waals surface area contributed by atoms with Gasteiger partial charge in [0.15, 0.2) is 0 Å². The summed E-state index contributed by atoms with van der Waals surface area (Å²) in [6, 6.07) is 11.1. The number of anilines is 1. The Hall–Kier alpha value is -3.22. The van der Waals surface area contributed by atoms with Crippen LogP contribution in [0.4, 0.5) is 10.1 Å². The zero-order valence-corrected chi connectivity index (χ0v) is 18.1. The number of amides is 3. The van der Waals surface area contributed by atoms with Crippen LogP contribution < -0.4 is 9.64 Å². The van der Waals surface area contributed by atoms with Gasteiger partial charge >= 0.3 is 0 Å². The van der Waals surface area contributed by atoms with Crippen LogP contribution in [0.3, 0.4) is 0 Å². The van der Waals surface area contributed by atoms with Crippen LogP contribution in [0.1, 0.15) is 55.3 Å².